The van der Waals surface area contributed by atoms with Crippen LogP contribution in [0.25, 0.3) is 0 Å². The third kappa shape index (κ3) is 39.1. The van der Waals surface area contributed by atoms with E-state index in [9.17, 15) is 9.59 Å². The number of nitrogens with one attached hydrogen (secondary N) is 1. The largest absolute Gasteiger partial charge is 0.466 e. The van der Waals surface area contributed by atoms with Crippen molar-refractivity contribution < 1.29 is 19.1 Å². The van der Waals surface area contributed by atoms with Crippen molar-refractivity contribution in [2.45, 2.75) is 245 Å². The van der Waals surface area contributed by atoms with Crippen LogP contribution >= 0.6 is 0 Å². The first-order chi connectivity index (χ1) is 27.3. The van der Waals surface area contributed by atoms with Gasteiger partial charge in [-0.2, -0.15) is 0 Å². The zero-order valence-corrected chi connectivity index (χ0v) is 38.4. The van der Waals surface area contributed by atoms with Crippen molar-refractivity contribution in [3.8, 4) is 0 Å². The first-order valence-electron chi connectivity index (χ1n) is 24.5. The molecule has 0 heterocycles. The summed E-state index contributed by atoms with van der Waals surface area (Å²) in [5.41, 5.74) is 0. The quantitative estimate of drug-likeness (QED) is 0.0486. The van der Waals surface area contributed by atoms with E-state index in [-0.39, 0.29) is 18.0 Å². The SMILES string of the molecule is C=C(NCCCN(CCCCCCCC(=O)OC(CCCCCCCC)CCCCCCCC)CCCCCC(=O)OCCCCCCCCCCC)N(C)C. The van der Waals surface area contributed by atoms with Crippen molar-refractivity contribution in [2.24, 2.45) is 0 Å². The molecule has 0 rings (SSSR count). The Kier molecular flexibility index (Phi) is 41.5. The van der Waals surface area contributed by atoms with Gasteiger partial charge in [-0.3, -0.25) is 9.59 Å². The lowest BCUT2D eigenvalue weighted by molar-refractivity contribution is -0.150. The van der Waals surface area contributed by atoms with E-state index in [1.54, 1.807) is 0 Å². The number of rotatable bonds is 45. The fourth-order valence-electron chi connectivity index (χ4n) is 7.43. The Hall–Kier alpha value is -1.76. The zero-order valence-electron chi connectivity index (χ0n) is 38.4. The molecule has 0 atom stereocenters. The van der Waals surface area contributed by atoms with Crippen LogP contribution in [0.3, 0.4) is 0 Å². The van der Waals surface area contributed by atoms with Gasteiger partial charge in [-0.1, -0.05) is 169 Å². The molecule has 0 saturated carbocycles. The van der Waals surface area contributed by atoms with Crippen LogP contribution < -0.4 is 5.32 Å². The molecule has 0 aliphatic carbocycles. The van der Waals surface area contributed by atoms with E-state index < -0.39 is 0 Å². The summed E-state index contributed by atoms with van der Waals surface area (Å²) in [6.07, 6.45) is 40.0. The smallest absolute Gasteiger partial charge is 0.306 e. The molecule has 56 heavy (non-hydrogen) atoms. The second-order valence-electron chi connectivity index (χ2n) is 17.1. The normalized spacial score (nSPS) is 11.4. The third-order valence-electron chi connectivity index (χ3n) is 11.3. The van der Waals surface area contributed by atoms with Crippen molar-refractivity contribution in [1.29, 1.82) is 0 Å². The maximum Gasteiger partial charge on any atom is 0.306 e. The minimum absolute atomic E-state index is 0.0239. The molecule has 0 aromatic rings. The molecule has 1 N–H and O–H groups in total. The molecule has 7 nitrogen and oxygen atoms in total. The molecule has 0 spiro atoms. The Morgan fingerprint density at radius 2 is 0.893 bits per heavy atom. The molecule has 332 valence electrons. The molecule has 0 fully saturated rings. The predicted molar refractivity (Wildman–Crippen MR) is 242 cm³/mol. The summed E-state index contributed by atoms with van der Waals surface area (Å²) in [6.45, 7) is 15.6. The van der Waals surface area contributed by atoms with Gasteiger partial charge in [0.25, 0.3) is 0 Å². The number of carbonyl (C=O) groups is 2. The van der Waals surface area contributed by atoms with Gasteiger partial charge >= 0.3 is 11.9 Å². The number of unbranched alkanes of at least 4 members (excludes halogenated alkanes) is 24. The van der Waals surface area contributed by atoms with Crippen molar-refractivity contribution in [3.05, 3.63) is 12.4 Å². The van der Waals surface area contributed by atoms with Crippen LogP contribution in [-0.4, -0.2) is 74.7 Å². The van der Waals surface area contributed by atoms with Gasteiger partial charge in [0, 0.05) is 33.5 Å². The number of carbonyl (C=O) groups excluding carboxylic acids is 2. The number of ether oxygens (including phenoxy) is 2. The highest BCUT2D eigenvalue weighted by atomic mass is 16.5. The van der Waals surface area contributed by atoms with Crippen molar-refractivity contribution in [1.82, 2.24) is 15.1 Å². The number of hydrogen-bond donors (Lipinski definition) is 1. The second kappa shape index (κ2) is 42.8. The van der Waals surface area contributed by atoms with E-state index in [1.165, 1.54) is 148 Å². The number of esters is 2. The van der Waals surface area contributed by atoms with Crippen LogP contribution in [0.4, 0.5) is 0 Å². The first kappa shape index (κ1) is 54.2. The number of nitrogens with zero attached hydrogens (tertiary/aromatic N) is 2. The maximum atomic E-state index is 12.8. The molecule has 0 aromatic carbocycles. The van der Waals surface area contributed by atoms with Gasteiger partial charge < -0.3 is 24.6 Å². The van der Waals surface area contributed by atoms with Crippen molar-refractivity contribution >= 4 is 11.9 Å². The van der Waals surface area contributed by atoms with Crippen LogP contribution in [0, 0.1) is 0 Å². The predicted octanol–water partition coefficient (Wildman–Crippen LogP) is 13.7. The van der Waals surface area contributed by atoms with Crippen LogP contribution in [0.5, 0.6) is 0 Å². The van der Waals surface area contributed by atoms with E-state index in [4.69, 9.17) is 9.47 Å². The summed E-state index contributed by atoms with van der Waals surface area (Å²) in [5, 5.41) is 3.43. The molecule has 0 saturated heterocycles. The molecule has 0 unspecified atom stereocenters. The van der Waals surface area contributed by atoms with Crippen LogP contribution in [0.15, 0.2) is 12.4 Å². The standard InChI is InChI=1S/C49H97N3O4/c1-7-10-13-16-19-20-21-27-35-45-55-48(53)39-32-28-34-43-52(44-36-41-50-46(4)51(5)6)42-33-26-22-25-31-40-49(54)56-47(37-29-23-17-14-11-8-2)38-30-24-18-15-12-9-3/h47,50H,4,7-45H2,1-3,5-6H3. The average molecular weight is 792 g/mol. The maximum absolute atomic E-state index is 12.8. The molecule has 0 aliphatic rings. The van der Waals surface area contributed by atoms with E-state index in [0.29, 0.717) is 19.4 Å². The molecule has 7 heteroatoms. The highest BCUT2D eigenvalue weighted by molar-refractivity contribution is 5.69. The van der Waals surface area contributed by atoms with E-state index >= 15 is 0 Å². The fraction of sp³-hybridized carbons (Fsp3) is 0.918. The summed E-state index contributed by atoms with van der Waals surface area (Å²) in [7, 11) is 4.03. The minimum Gasteiger partial charge on any atom is -0.466 e. The average Bonchev–Trinajstić information content (AvgIpc) is 3.18. The lowest BCUT2D eigenvalue weighted by Crippen LogP contribution is -2.31. The molecular formula is C49H97N3O4. The lowest BCUT2D eigenvalue weighted by atomic mass is 10.0. The summed E-state index contributed by atoms with van der Waals surface area (Å²) in [5.74, 6) is 0.954. The summed E-state index contributed by atoms with van der Waals surface area (Å²) in [4.78, 5) is 29.7. The van der Waals surface area contributed by atoms with Crippen LogP contribution in [-0.2, 0) is 19.1 Å². The molecular weight excluding hydrogens is 695 g/mol. The first-order valence-corrected chi connectivity index (χ1v) is 24.5. The molecule has 0 radical (unpaired) electrons. The van der Waals surface area contributed by atoms with Gasteiger partial charge in [0.15, 0.2) is 0 Å². The fourth-order valence-corrected chi connectivity index (χ4v) is 7.43. The molecule has 0 amide bonds. The Labute approximate surface area is 349 Å². The van der Waals surface area contributed by atoms with Crippen molar-refractivity contribution in [2.75, 3.05) is 46.9 Å². The van der Waals surface area contributed by atoms with Gasteiger partial charge in [-0.05, 0) is 83.8 Å². The van der Waals surface area contributed by atoms with E-state index in [0.717, 1.165) is 89.8 Å². The Morgan fingerprint density at radius 3 is 1.39 bits per heavy atom. The van der Waals surface area contributed by atoms with Gasteiger partial charge in [-0.25, -0.2) is 0 Å². The van der Waals surface area contributed by atoms with Crippen LogP contribution in [0.1, 0.15) is 239 Å². The highest BCUT2D eigenvalue weighted by Gasteiger charge is 2.14. The Bertz CT molecular complexity index is 850. The van der Waals surface area contributed by atoms with Crippen molar-refractivity contribution in [3.63, 3.8) is 0 Å². The minimum atomic E-state index is -0.0250. The lowest BCUT2D eigenvalue weighted by Gasteiger charge is -2.23. The third-order valence-corrected chi connectivity index (χ3v) is 11.3. The summed E-state index contributed by atoms with van der Waals surface area (Å²) >= 11 is 0. The molecule has 0 aromatic heterocycles. The Balaban J connectivity index is 4.37. The zero-order chi connectivity index (χ0) is 41.2. The van der Waals surface area contributed by atoms with Gasteiger partial charge in [0.05, 0.1) is 12.4 Å². The molecule has 0 bridgehead atoms. The van der Waals surface area contributed by atoms with Gasteiger partial charge in [0.2, 0.25) is 0 Å². The summed E-state index contributed by atoms with van der Waals surface area (Å²) in [6, 6.07) is 0. The topological polar surface area (TPSA) is 71.1 Å². The van der Waals surface area contributed by atoms with Crippen LogP contribution in [0.2, 0.25) is 0 Å². The second-order valence-corrected chi connectivity index (χ2v) is 17.1. The molecule has 0 aliphatic heterocycles. The van der Waals surface area contributed by atoms with Gasteiger partial charge in [-0.15, -0.1) is 0 Å². The number of hydrogen-bond acceptors (Lipinski definition) is 7. The monoisotopic (exact) mass is 792 g/mol. The summed E-state index contributed by atoms with van der Waals surface area (Å²) < 4.78 is 11.6. The highest BCUT2D eigenvalue weighted by Crippen LogP contribution is 2.19. The van der Waals surface area contributed by atoms with E-state index in [1.807, 2.05) is 19.0 Å². The van der Waals surface area contributed by atoms with Gasteiger partial charge in [0.1, 0.15) is 6.10 Å². The Morgan fingerprint density at radius 1 is 0.500 bits per heavy atom. The van der Waals surface area contributed by atoms with E-state index in [2.05, 4.69) is 37.6 Å².